The van der Waals surface area contributed by atoms with Crippen LogP contribution in [0.5, 0.6) is 0 Å². The van der Waals surface area contributed by atoms with Gasteiger partial charge in [0, 0.05) is 38.0 Å². The first-order chi connectivity index (χ1) is 17.7. The van der Waals surface area contributed by atoms with E-state index in [2.05, 4.69) is 58.3 Å². The maximum atomic E-state index is 13.8. The zero-order chi connectivity index (χ0) is 24.5. The number of fused-ring (bicyclic) bond motifs is 2. The van der Waals surface area contributed by atoms with Gasteiger partial charge in [-0.15, -0.1) is 0 Å². The van der Waals surface area contributed by atoms with Crippen LogP contribution in [0, 0.1) is 35.5 Å². The number of rotatable bonds is 9. The number of carbonyl (C=O) groups is 2. The Bertz CT molecular complexity index is 945. The zero-order valence-corrected chi connectivity index (χ0v) is 21.4. The van der Waals surface area contributed by atoms with Crippen LogP contribution in [-0.4, -0.2) is 34.7 Å². The lowest BCUT2D eigenvalue weighted by atomic mass is 10.0. The third-order valence-electron chi connectivity index (χ3n) is 9.58. The van der Waals surface area contributed by atoms with Crippen LogP contribution in [0.25, 0.3) is 0 Å². The topological polar surface area (TPSA) is 40.6 Å². The molecule has 2 aromatic rings. The average molecular weight is 485 g/mol. The van der Waals surface area contributed by atoms with E-state index in [0.717, 1.165) is 0 Å². The molecule has 2 unspecified atom stereocenters. The van der Waals surface area contributed by atoms with Gasteiger partial charge in [0.15, 0.2) is 0 Å². The molecule has 4 heteroatoms. The van der Waals surface area contributed by atoms with E-state index in [1.165, 1.54) is 62.5 Å². The van der Waals surface area contributed by atoms with Crippen LogP contribution in [0.4, 0.5) is 0 Å². The summed E-state index contributed by atoms with van der Waals surface area (Å²) in [6.45, 7) is 2.50. The van der Waals surface area contributed by atoms with E-state index < -0.39 is 0 Å². The van der Waals surface area contributed by atoms with Crippen molar-refractivity contribution >= 4 is 11.8 Å². The van der Waals surface area contributed by atoms with Crippen molar-refractivity contribution < 1.29 is 9.59 Å². The maximum absolute atomic E-state index is 13.8. The lowest BCUT2D eigenvalue weighted by Crippen LogP contribution is -2.42. The van der Waals surface area contributed by atoms with Gasteiger partial charge in [-0.3, -0.25) is 9.59 Å². The molecule has 0 bridgehead atoms. The third kappa shape index (κ3) is 4.96. The summed E-state index contributed by atoms with van der Waals surface area (Å²) in [6, 6.07) is 20.7. The van der Waals surface area contributed by atoms with E-state index >= 15 is 0 Å². The Balaban J connectivity index is 1.18. The zero-order valence-electron chi connectivity index (χ0n) is 21.4. The predicted molar refractivity (Wildman–Crippen MR) is 142 cm³/mol. The van der Waals surface area contributed by atoms with Crippen molar-refractivity contribution in [2.75, 3.05) is 13.1 Å². The monoisotopic (exact) mass is 484 g/mol. The van der Waals surface area contributed by atoms with E-state index in [1.807, 2.05) is 12.1 Å². The molecule has 4 aliphatic rings. The van der Waals surface area contributed by atoms with Crippen LogP contribution in [0.3, 0.4) is 0 Å². The molecular weight excluding hydrogens is 444 g/mol. The maximum Gasteiger partial charge on any atom is 0.226 e. The first kappa shape index (κ1) is 23.8. The standard InChI is InChI=1S/C32H40N2O2/c35-31(29-25-15-7-8-16-26(25)29)33(21-23-11-3-1-4-12-23)19-20-34(22-24-13-5-2-6-14-24)32(36)30-27-17-9-10-18-28(27)30/h1-6,11-14,25-30H,7-10,15-22H2/t25-,26+,27-,28+,29?,30?. The molecule has 0 saturated heterocycles. The molecule has 6 atom stereocenters. The largest absolute Gasteiger partial charge is 0.336 e. The molecule has 190 valence electrons. The van der Waals surface area contributed by atoms with Gasteiger partial charge in [0.25, 0.3) is 0 Å². The molecule has 0 heterocycles. The summed E-state index contributed by atoms with van der Waals surface area (Å²) >= 11 is 0. The number of benzene rings is 2. The van der Waals surface area contributed by atoms with E-state index in [0.29, 0.717) is 61.7 Å². The minimum absolute atomic E-state index is 0.209. The van der Waals surface area contributed by atoms with Crippen LogP contribution in [0.1, 0.15) is 62.5 Å². The second-order valence-electron chi connectivity index (χ2n) is 11.8. The number of hydrogen-bond donors (Lipinski definition) is 0. The molecule has 0 aromatic heterocycles. The van der Waals surface area contributed by atoms with E-state index in [4.69, 9.17) is 0 Å². The van der Waals surface area contributed by atoms with Gasteiger partial charge in [0.1, 0.15) is 0 Å². The Labute approximate surface area is 216 Å². The molecule has 36 heavy (non-hydrogen) atoms. The molecule has 2 aromatic carbocycles. The fourth-order valence-corrected chi connectivity index (χ4v) is 7.52. The van der Waals surface area contributed by atoms with Crippen LogP contribution >= 0.6 is 0 Å². The summed E-state index contributed by atoms with van der Waals surface area (Å²) in [5, 5.41) is 0. The van der Waals surface area contributed by atoms with Crippen molar-refractivity contribution in [3.05, 3.63) is 71.8 Å². The summed E-state index contributed by atoms with van der Waals surface area (Å²) in [4.78, 5) is 31.7. The van der Waals surface area contributed by atoms with Crippen LogP contribution in [0.2, 0.25) is 0 Å². The Hall–Kier alpha value is -2.62. The smallest absolute Gasteiger partial charge is 0.226 e. The minimum atomic E-state index is 0.209. The lowest BCUT2D eigenvalue weighted by molar-refractivity contribution is -0.138. The second kappa shape index (κ2) is 10.4. The molecule has 0 N–H and O–H groups in total. The van der Waals surface area contributed by atoms with Crippen molar-refractivity contribution in [1.29, 1.82) is 0 Å². The quantitative estimate of drug-likeness (QED) is 0.443. The van der Waals surface area contributed by atoms with E-state index in [-0.39, 0.29) is 11.8 Å². The Kier molecular flexibility index (Phi) is 6.86. The molecule has 0 radical (unpaired) electrons. The van der Waals surface area contributed by atoms with Gasteiger partial charge >= 0.3 is 0 Å². The molecule has 4 saturated carbocycles. The third-order valence-corrected chi connectivity index (χ3v) is 9.58. The van der Waals surface area contributed by atoms with Crippen LogP contribution in [-0.2, 0) is 22.7 Å². The SMILES string of the molecule is O=C(C1[C@H]2CCCC[C@@H]12)N(CCN(Cc1ccccc1)C(=O)C1[C@H]2CCCC[C@@H]12)Cc1ccccc1. The molecule has 4 aliphatic carbocycles. The van der Waals surface area contributed by atoms with Crippen LogP contribution in [0.15, 0.2) is 60.7 Å². The highest BCUT2D eigenvalue weighted by Crippen LogP contribution is 2.57. The molecule has 4 fully saturated rings. The Morgan fingerprint density at radius 1 is 0.556 bits per heavy atom. The first-order valence-electron chi connectivity index (χ1n) is 14.4. The van der Waals surface area contributed by atoms with Gasteiger partial charge < -0.3 is 9.80 Å². The number of amides is 2. The van der Waals surface area contributed by atoms with Crippen molar-refractivity contribution in [3.63, 3.8) is 0 Å². The van der Waals surface area contributed by atoms with Crippen LogP contribution < -0.4 is 0 Å². The molecule has 4 nitrogen and oxygen atoms in total. The van der Waals surface area contributed by atoms with Crippen molar-refractivity contribution in [3.8, 4) is 0 Å². The lowest BCUT2D eigenvalue weighted by Gasteiger charge is -2.29. The fraction of sp³-hybridized carbons (Fsp3) is 0.562. The molecule has 0 spiro atoms. The summed E-state index contributed by atoms with van der Waals surface area (Å²) in [5.41, 5.74) is 2.34. The van der Waals surface area contributed by atoms with Gasteiger partial charge in [-0.05, 0) is 60.5 Å². The van der Waals surface area contributed by atoms with E-state index in [1.54, 1.807) is 0 Å². The normalized spacial score (nSPS) is 30.0. The highest BCUT2D eigenvalue weighted by molar-refractivity contribution is 5.83. The molecule has 2 amide bonds. The van der Waals surface area contributed by atoms with Gasteiger partial charge in [-0.25, -0.2) is 0 Å². The van der Waals surface area contributed by atoms with Gasteiger partial charge in [-0.1, -0.05) is 86.3 Å². The highest BCUT2D eigenvalue weighted by atomic mass is 16.2. The molecule has 6 rings (SSSR count). The summed E-state index contributed by atoms with van der Waals surface area (Å²) < 4.78 is 0. The minimum Gasteiger partial charge on any atom is -0.336 e. The van der Waals surface area contributed by atoms with Crippen molar-refractivity contribution in [2.45, 2.75) is 64.5 Å². The van der Waals surface area contributed by atoms with Crippen molar-refractivity contribution in [2.24, 2.45) is 35.5 Å². The predicted octanol–water partition coefficient (Wildman–Crippen LogP) is 5.92. The number of nitrogens with zero attached hydrogens (tertiary/aromatic N) is 2. The number of carbonyl (C=O) groups excluding carboxylic acids is 2. The fourth-order valence-electron chi connectivity index (χ4n) is 7.52. The second-order valence-corrected chi connectivity index (χ2v) is 11.8. The summed E-state index contributed by atoms with van der Waals surface area (Å²) in [5.74, 6) is 3.46. The first-order valence-corrected chi connectivity index (χ1v) is 14.4. The molecular formula is C32H40N2O2. The highest BCUT2D eigenvalue weighted by Gasteiger charge is 2.57. The number of hydrogen-bond acceptors (Lipinski definition) is 2. The summed E-state index contributed by atoms with van der Waals surface area (Å²) in [6.07, 6.45) is 9.93. The summed E-state index contributed by atoms with van der Waals surface area (Å²) in [7, 11) is 0. The average Bonchev–Trinajstić information content (AvgIpc) is 3.83. The van der Waals surface area contributed by atoms with Gasteiger partial charge in [0.2, 0.25) is 11.8 Å². The van der Waals surface area contributed by atoms with Crippen molar-refractivity contribution in [1.82, 2.24) is 9.80 Å². The van der Waals surface area contributed by atoms with Gasteiger partial charge in [-0.2, -0.15) is 0 Å². The Morgan fingerprint density at radius 2 is 0.889 bits per heavy atom. The van der Waals surface area contributed by atoms with Gasteiger partial charge in [0.05, 0.1) is 0 Å². The molecule has 0 aliphatic heterocycles. The Morgan fingerprint density at radius 3 is 1.22 bits per heavy atom. The van der Waals surface area contributed by atoms with E-state index in [9.17, 15) is 9.59 Å².